The number of rotatable bonds is 2. The molecule has 2 aromatic heterocycles. The van der Waals surface area contributed by atoms with Gasteiger partial charge in [-0.05, 0) is 35.2 Å². The van der Waals surface area contributed by atoms with Crippen LogP contribution in [0.25, 0.3) is 10.6 Å². The van der Waals surface area contributed by atoms with E-state index >= 15 is 0 Å². The first-order valence-corrected chi connectivity index (χ1v) is 10.9. The van der Waals surface area contributed by atoms with Crippen LogP contribution in [0.5, 0.6) is 0 Å². The third-order valence-electron chi connectivity index (χ3n) is 3.51. The fourth-order valence-corrected chi connectivity index (χ4v) is 3.45. The van der Waals surface area contributed by atoms with Crippen molar-refractivity contribution in [1.29, 1.82) is 0 Å². The Labute approximate surface area is 181 Å². The highest BCUT2D eigenvalue weighted by Crippen LogP contribution is 2.21. The maximum atomic E-state index is 8.67. The molecule has 0 saturated heterocycles. The van der Waals surface area contributed by atoms with Gasteiger partial charge in [0, 0.05) is 28.7 Å². The topological polar surface area (TPSA) is 66.2 Å². The second-order valence-corrected chi connectivity index (χ2v) is 8.84. The largest absolute Gasteiger partial charge is 0.488 e. The van der Waals surface area contributed by atoms with Crippen molar-refractivity contribution in [2.75, 3.05) is 0 Å². The SMILES string of the molecule is Brc1nccs1.Cc1ccc(-c2nccs2)cc1.Cc1ccc(B(O)O)cc1. The molecule has 0 bridgehead atoms. The van der Waals surface area contributed by atoms with Gasteiger partial charge in [-0.2, -0.15) is 0 Å². The number of nitrogens with zero attached hydrogens (tertiary/aromatic N) is 2. The van der Waals surface area contributed by atoms with Crippen LogP contribution in [0.4, 0.5) is 0 Å². The van der Waals surface area contributed by atoms with Crippen molar-refractivity contribution in [2.45, 2.75) is 13.8 Å². The summed E-state index contributed by atoms with van der Waals surface area (Å²) < 4.78 is 0.947. The van der Waals surface area contributed by atoms with E-state index in [1.165, 1.54) is 11.1 Å². The van der Waals surface area contributed by atoms with Gasteiger partial charge in [0.1, 0.15) is 5.01 Å². The van der Waals surface area contributed by atoms with Gasteiger partial charge < -0.3 is 10.0 Å². The van der Waals surface area contributed by atoms with Crippen molar-refractivity contribution >= 4 is 51.2 Å². The van der Waals surface area contributed by atoms with Gasteiger partial charge in [0.05, 0.1) is 0 Å². The molecule has 2 heterocycles. The van der Waals surface area contributed by atoms with Crippen LogP contribution in [0.15, 0.2) is 75.6 Å². The maximum Gasteiger partial charge on any atom is 0.488 e. The summed E-state index contributed by atoms with van der Waals surface area (Å²) >= 11 is 6.44. The second kappa shape index (κ2) is 11.9. The van der Waals surface area contributed by atoms with Crippen LogP contribution >= 0.6 is 38.6 Å². The van der Waals surface area contributed by atoms with Gasteiger partial charge in [-0.15, -0.1) is 22.7 Å². The minimum absolute atomic E-state index is 0.533. The van der Waals surface area contributed by atoms with Crippen molar-refractivity contribution in [2.24, 2.45) is 0 Å². The summed E-state index contributed by atoms with van der Waals surface area (Å²) in [7, 11) is -1.35. The number of aryl methyl sites for hydroxylation is 2. The summed E-state index contributed by atoms with van der Waals surface area (Å²) in [6.07, 6.45) is 3.59. The normalized spacial score (nSPS) is 9.61. The van der Waals surface area contributed by atoms with Crippen LogP contribution in [-0.2, 0) is 0 Å². The summed E-state index contributed by atoms with van der Waals surface area (Å²) in [5.74, 6) is 0. The van der Waals surface area contributed by atoms with Crippen molar-refractivity contribution < 1.29 is 10.0 Å². The molecule has 0 unspecified atom stereocenters. The van der Waals surface area contributed by atoms with Gasteiger partial charge in [-0.3, -0.25) is 0 Å². The minimum Gasteiger partial charge on any atom is -0.423 e. The Morgan fingerprint density at radius 2 is 1.32 bits per heavy atom. The lowest BCUT2D eigenvalue weighted by molar-refractivity contribution is 0.426. The van der Waals surface area contributed by atoms with E-state index in [1.54, 1.807) is 41.0 Å². The predicted molar refractivity (Wildman–Crippen MR) is 123 cm³/mol. The van der Waals surface area contributed by atoms with Crippen LogP contribution in [0.2, 0.25) is 0 Å². The van der Waals surface area contributed by atoms with Crippen LogP contribution in [0.3, 0.4) is 0 Å². The molecule has 4 rings (SSSR count). The summed E-state index contributed by atoms with van der Waals surface area (Å²) in [5.41, 5.74) is 4.14. The third-order valence-corrected chi connectivity index (χ3v) is 5.65. The minimum atomic E-state index is -1.35. The van der Waals surface area contributed by atoms with E-state index in [0.717, 1.165) is 14.5 Å². The van der Waals surface area contributed by atoms with E-state index in [-0.39, 0.29) is 0 Å². The molecule has 0 aliphatic heterocycles. The molecule has 8 heteroatoms. The molecule has 0 aliphatic rings. The lowest BCUT2D eigenvalue weighted by Crippen LogP contribution is -2.29. The van der Waals surface area contributed by atoms with Crippen molar-refractivity contribution in [1.82, 2.24) is 9.97 Å². The summed E-state index contributed by atoms with van der Waals surface area (Å²) in [6.45, 7) is 4.04. The Balaban J connectivity index is 0.000000159. The van der Waals surface area contributed by atoms with Gasteiger partial charge in [0.15, 0.2) is 3.92 Å². The van der Waals surface area contributed by atoms with Crippen LogP contribution in [0.1, 0.15) is 11.1 Å². The molecule has 4 nitrogen and oxygen atoms in total. The smallest absolute Gasteiger partial charge is 0.423 e. The first-order valence-electron chi connectivity index (χ1n) is 8.40. The molecule has 0 aliphatic carbocycles. The number of benzene rings is 2. The Kier molecular flexibility index (Phi) is 9.53. The number of hydrogen-bond donors (Lipinski definition) is 2. The van der Waals surface area contributed by atoms with E-state index in [4.69, 9.17) is 10.0 Å². The van der Waals surface area contributed by atoms with Gasteiger partial charge in [0.2, 0.25) is 0 Å². The lowest BCUT2D eigenvalue weighted by Gasteiger charge is -1.97. The van der Waals surface area contributed by atoms with Gasteiger partial charge >= 0.3 is 7.12 Å². The third kappa shape index (κ3) is 8.04. The molecule has 0 fully saturated rings. The average molecular weight is 475 g/mol. The fraction of sp³-hybridized carbons (Fsp3) is 0.100. The standard InChI is InChI=1S/C10H9NS.C7H9BO2.C3H2BrNS/c1-8-2-4-9(5-3-8)10-11-6-7-12-10;1-6-2-4-7(5-3-6)8(9)10;4-3-5-1-2-6-3/h2-7H,1H3;2-5,9-10H,1H3;1-2H. The van der Waals surface area contributed by atoms with Crippen molar-refractivity contribution in [3.8, 4) is 10.6 Å². The lowest BCUT2D eigenvalue weighted by atomic mass is 9.80. The molecule has 0 atom stereocenters. The van der Waals surface area contributed by atoms with E-state index < -0.39 is 7.12 Å². The number of hydrogen-bond acceptors (Lipinski definition) is 6. The van der Waals surface area contributed by atoms with Crippen molar-refractivity contribution in [3.05, 3.63) is 86.7 Å². The van der Waals surface area contributed by atoms with Gasteiger partial charge in [-0.25, -0.2) is 9.97 Å². The molecule has 28 heavy (non-hydrogen) atoms. The van der Waals surface area contributed by atoms with E-state index in [1.807, 2.05) is 36.0 Å². The predicted octanol–water partition coefficient (Wildman–Crippen LogP) is 4.70. The van der Waals surface area contributed by atoms with Crippen LogP contribution in [-0.4, -0.2) is 27.1 Å². The highest BCUT2D eigenvalue weighted by Gasteiger charge is 2.08. The highest BCUT2D eigenvalue weighted by atomic mass is 79.9. The molecule has 2 aromatic carbocycles. The summed E-state index contributed by atoms with van der Waals surface area (Å²) in [6, 6.07) is 15.5. The van der Waals surface area contributed by atoms with E-state index in [9.17, 15) is 0 Å². The Morgan fingerprint density at radius 3 is 1.71 bits per heavy atom. The molecule has 0 radical (unpaired) electrons. The Hall–Kier alpha value is -1.84. The Morgan fingerprint density at radius 1 is 0.786 bits per heavy atom. The van der Waals surface area contributed by atoms with Gasteiger partial charge in [0.25, 0.3) is 0 Å². The molecule has 144 valence electrons. The number of thiazole rings is 2. The zero-order chi connectivity index (χ0) is 20.4. The Bertz CT molecular complexity index is 914. The first-order chi connectivity index (χ1) is 13.5. The van der Waals surface area contributed by atoms with Crippen molar-refractivity contribution in [3.63, 3.8) is 0 Å². The van der Waals surface area contributed by atoms with E-state index in [0.29, 0.717) is 5.46 Å². The molecular weight excluding hydrogens is 455 g/mol. The quantitative estimate of drug-likeness (QED) is 0.413. The summed E-state index contributed by atoms with van der Waals surface area (Å²) in [5, 5.41) is 22.3. The monoisotopic (exact) mass is 474 g/mol. The zero-order valence-electron chi connectivity index (χ0n) is 15.5. The number of halogens is 1. The molecule has 2 N–H and O–H groups in total. The zero-order valence-corrected chi connectivity index (χ0v) is 18.7. The summed E-state index contributed by atoms with van der Waals surface area (Å²) in [4.78, 5) is 8.09. The fourth-order valence-electron chi connectivity index (χ4n) is 2.01. The molecule has 0 spiro atoms. The molecule has 0 saturated carbocycles. The van der Waals surface area contributed by atoms with Gasteiger partial charge in [-0.1, -0.05) is 59.7 Å². The first kappa shape index (κ1) is 22.5. The second-order valence-electron chi connectivity index (χ2n) is 5.77. The van der Waals surface area contributed by atoms with Crippen LogP contribution in [0, 0.1) is 13.8 Å². The molecular formula is C20H20BBrN2O2S2. The molecule has 0 amide bonds. The highest BCUT2D eigenvalue weighted by molar-refractivity contribution is 9.11. The van der Waals surface area contributed by atoms with Crippen LogP contribution < -0.4 is 5.46 Å². The molecule has 4 aromatic rings. The number of aromatic nitrogens is 2. The average Bonchev–Trinajstić information content (AvgIpc) is 3.38. The maximum absolute atomic E-state index is 8.67. The van der Waals surface area contributed by atoms with E-state index in [2.05, 4.69) is 57.1 Å².